The molecule has 1 saturated heterocycles. The van der Waals surface area contributed by atoms with E-state index >= 15 is 0 Å². The third kappa shape index (κ3) is 11.2. The van der Waals surface area contributed by atoms with Crippen LogP contribution in [0.2, 0.25) is 5.02 Å². The van der Waals surface area contributed by atoms with Crippen molar-refractivity contribution in [1.29, 1.82) is 0 Å². The van der Waals surface area contributed by atoms with Crippen LogP contribution in [0.25, 0.3) is 0 Å². The van der Waals surface area contributed by atoms with Crippen LogP contribution >= 0.6 is 11.6 Å². The highest BCUT2D eigenvalue weighted by Crippen LogP contribution is 2.25. The van der Waals surface area contributed by atoms with Crippen molar-refractivity contribution in [2.45, 2.75) is 57.8 Å². The Morgan fingerprint density at radius 1 is 0.846 bits per heavy atom. The molecule has 1 amide bonds. The fraction of sp³-hybridized carbons (Fsp3) is 0.517. The number of hydrogen-bond acceptors (Lipinski definition) is 4. The van der Waals surface area contributed by atoms with Gasteiger partial charge in [-0.1, -0.05) is 55.1 Å². The summed E-state index contributed by atoms with van der Waals surface area (Å²) in [5.41, 5.74) is 3.02. The molecule has 0 radical (unpaired) electrons. The molecule has 1 heterocycles. The molecule has 1 aliphatic carbocycles. The summed E-state index contributed by atoms with van der Waals surface area (Å²) in [6.45, 7) is 7.47. The van der Waals surface area contributed by atoms with Gasteiger partial charge in [0, 0.05) is 43.3 Å². The van der Waals surface area contributed by atoms with E-state index in [9.17, 15) is 18.0 Å². The quantitative estimate of drug-likeness (QED) is 0.430. The molecule has 0 unspecified atom stereocenters. The maximum Gasteiger partial charge on any atom is 0.490 e. The van der Waals surface area contributed by atoms with Crippen molar-refractivity contribution >= 4 is 23.5 Å². The Hall–Kier alpha value is -2.62. The predicted octanol–water partition coefficient (Wildman–Crippen LogP) is 5.99. The van der Waals surface area contributed by atoms with Crippen molar-refractivity contribution < 1.29 is 27.9 Å². The molecule has 2 aliphatic rings. The molecule has 0 atom stereocenters. The molecule has 2 N–H and O–H groups in total. The number of carboxylic acid groups (broad SMARTS) is 1. The SMILES string of the molecule is O=C(NCc1ccc(Cl)cc1)c1ccc(CN2CCCN(CC3CCCCC3)CC2)cc1.O=C(O)C(F)(F)F. The third-order valence-corrected chi connectivity index (χ3v) is 7.41. The number of carbonyl (C=O) groups is 2. The topological polar surface area (TPSA) is 72.9 Å². The van der Waals surface area contributed by atoms with Gasteiger partial charge in [-0.05, 0) is 73.7 Å². The maximum absolute atomic E-state index is 12.5. The number of hydrogen-bond donors (Lipinski definition) is 2. The molecular formula is C29H37ClF3N3O3. The van der Waals surface area contributed by atoms with Crippen LogP contribution in [0.3, 0.4) is 0 Å². The monoisotopic (exact) mass is 567 g/mol. The molecule has 2 aromatic rings. The molecule has 4 rings (SSSR count). The number of alkyl halides is 3. The van der Waals surface area contributed by atoms with Gasteiger partial charge in [-0.2, -0.15) is 13.2 Å². The standard InChI is InChI=1S/C27H36ClN3O.C2HF3O2/c28-26-13-9-22(10-14-26)19-29-27(32)25-11-7-24(8-12-25)21-31-16-4-15-30(17-18-31)20-23-5-2-1-3-6-23;3-2(4,5)1(6)7/h7-14,23H,1-6,15-21H2,(H,29,32);(H,6,7). The van der Waals surface area contributed by atoms with E-state index in [1.165, 1.54) is 63.7 Å². The van der Waals surface area contributed by atoms with E-state index < -0.39 is 12.1 Å². The lowest BCUT2D eigenvalue weighted by molar-refractivity contribution is -0.192. The summed E-state index contributed by atoms with van der Waals surface area (Å²) >= 11 is 5.92. The number of nitrogens with one attached hydrogen (secondary N) is 1. The Bertz CT molecular complexity index is 1040. The first-order valence-electron chi connectivity index (χ1n) is 13.5. The molecule has 2 aromatic carbocycles. The second-order valence-electron chi connectivity index (χ2n) is 10.2. The zero-order valence-corrected chi connectivity index (χ0v) is 22.8. The van der Waals surface area contributed by atoms with Crippen molar-refractivity contribution in [1.82, 2.24) is 15.1 Å². The third-order valence-electron chi connectivity index (χ3n) is 7.15. The average Bonchev–Trinajstić information content (AvgIpc) is 3.14. The van der Waals surface area contributed by atoms with E-state index in [0.29, 0.717) is 17.1 Å². The first-order chi connectivity index (χ1) is 18.6. The summed E-state index contributed by atoms with van der Waals surface area (Å²) in [6.07, 6.45) is 3.32. The highest BCUT2D eigenvalue weighted by molar-refractivity contribution is 6.30. The second-order valence-corrected chi connectivity index (χ2v) is 10.7. The van der Waals surface area contributed by atoms with Gasteiger partial charge >= 0.3 is 12.1 Å². The predicted molar refractivity (Wildman–Crippen MR) is 146 cm³/mol. The summed E-state index contributed by atoms with van der Waals surface area (Å²) in [5, 5.41) is 10.8. The van der Waals surface area contributed by atoms with Gasteiger partial charge in [-0.15, -0.1) is 0 Å². The number of rotatable bonds is 7. The van der Waals surface area contributed by atoms with Gasteiger partial charge in [0.15, 0.2) is 0 Å². The van der Waals surface area contributed by atoms with Crippen LogP contribution in [0.4, 0.5) is 13.2 Å². The first kappa shape index (κ1) is 30.9. The number of benzene rings is 2. The summed E-state index contributed by atoms with van der Waals surface area (Å²) < 4.78 is 31.7. The summed E-state index contributed by atoms with van der Waals surface area (Å²) in [6, 6.07) is 15.6. The molecule has 0 spiro atoms. The minimum absolute atomic E-state index is 0.0420. The Balaban J connectivity index is 0.000000532. The van der Waals surface area contributed by atoms with Gasteiger partial charge in [0.05, 0.1) is 0 Å². The summed E-state index contributed by atoms with van der Waals surface area (Å²) in [7, 11) is 0. The summed E-state index contributed by atoms with van der Waals surface area (Å²) in [4.78, 5) is 26.6. The Morgan fingerprint density at radius 3 is 2.03 bits per heavy atom. The van der Waals surface area contributed by atoms with Crippen molar-refractivity contribution in [3.63, 3.8) is 0 Å². The van der Waals surface area contributed by atoms with Gasteiger partial charge in [-0.25, -0.2) is 4.79 Å². The van der Waals surface area contributed by atoms with Crippen molar-refractivity contribution in [3.05, 3.63) is 70.2 Å². The molecule has 39 heavy (non-hydrogen) atoms. The zero-order valence-electron chi connectivity index (χ0n) is 22.1. The molecular weight excluding hydrogens is 531 g/mol. The summed E-state index contributed by atoms with van der Waals surface area (Å²) in [5.74, 6) is -1.87. The Kier molecular flexibility index (Phi) is 12.1. The molecule has 214 valence electrons. The maximum atomic E-state index is 12.5. The van der Waals surface area contributed by atoms with Gasteiger partial charge in [-0.3, -0.25) is 9.69 Å². The van der Waals surface area contributed by atoms with Gasteiger partial charge < -0.3 is 15.3 Å². The van der Waals surface area contributed by atoms with Crippen molar-refractivity contribution in [2.75, 3.05) is 32.7 Å². The minimum atomic E-state index is -5.08. The van der Waals surface area contributed by atoms with E-state index in [1.54, 1.807) is 0 Å². The number of carboxylic acids is 1. The first-order valence-corrected chi connectivity index (χ1v) is 13.8. The number of amides is 1. The lowest BCUT2D eigenvalue weighted by Gasteiger charge is -2.29. The number of nitrogens with zero attached hydrogens (tertiary/aromatic N) is 2. The van der Waals surface area contributed by atoms with Crippen LogP contribution in [-0.2, 0) is 17.9 Å². The second kappa shape index (κ2) is 15.2. The van der Waals surface area contributed by atoms with Gasteiger partial charge in [0.2, 0.25) is 0 Å². The van der Waals surface area contributed by atoms with Gasteiger partial charge in [0.25, 0.3) is 5.91 Å². The molecule has 10 heteroatoms. The fourth-order valence-electron chi connectivity index (χ4n) is 5.01. The smallest absolute Gasteiger partial charge is 0.475 e. The van der Waals surface area contributed by atoms with Crippen molar-refractivity contribution in [2.24, 2.45) is 5.92 Å². The molecule has 6 nitrogen and oxygen atoms in total. The van der Waals surface area contributed by atoms with Crippen molar-refractivity contribution in [3.8, 4) is 0 Å². The van der Waals surface area contributed by atoms with Crippen LogP contribution in [0.15, 0.2) is 48.5 Å². The molecule has 1 aliphatic heterocycles. The number of halogens is 4. The van der Waals surface area contributed by atoms with Crippen LogP contribution in [0, 0.1) is 5.92 Å². The van der Waals surface area contributed by atoms with Crippen LogP contribution in [-0.4, -0.2) is 65.7 Å². The number of carbonyl (C=O) groups excluding carboxylic acids is 1. The van der Waals surface area contributed by atoms with Crippen LogP contribution in [0.5, 0.6) is 0 Å². The van der Waals surface area contributed by atoms with E-state index in [1.807, 2.05) is 36.4 Å². The van der Waals surface area contributed by atoms with Crippen LogP contribution < -0.4 is 5.32 Å². The van der Waals surface area contributed by atoms with E-state index in [4.69, 9.17) is 21.5 Å². The highest BCUT2D eigenvalue weighted by Gasteiger charge is 2.38. The highest BCUT2D eigenvalue weighted by atomic mass is 35.5. The largest absolute Gasteiger partial charge is 0.490 e. The van der Waals surface area contributed by atoms with Crippen LogP contribution in [0.1, 0.15) is 60.0 Å². The minimum Gasteiger partial charge on any atom is -0.475 e. The van der Waals surface area contributed by atoms with Gasteiger partial charge in [0.1, 0.15) is 0 Å². The fourth-order valence-corrected chi connectivity index (χ4v) is 5.13. The molecule has 0 bridgehead atoms. The molecule has 1 saturated carbocycles. The average molecular weight is 568 g/mol. The van der Waals surface area contributed by atoms with E-state index in [0.717, 1.165) is 31.1 Å². The lowest BCUT2D eigenvalue weighted by Crippen LogP contribution is -2.34. The lowest BCUT2D eigenvalue weighted by atomic mass is 9.89. The Labute approximate surface area is 233 Å². The molecule has 2 fully saturated rings. The Morgan fingerprint density at radius 2 is 1.41 bits per heavy atom. The van der Waals surface area contributed by atoms with E-state index in [2.05, 4.69) is 27.2 Å². The molecule has 0 aromatic heterocycles. The normalized spacial score (nSPS) is 17.5. The zero-order chi connectivity index (χ0) is 28.3. The number of aliphatic carboxylic acids is 1. The van der Waals surface area contributed by atoms with E-state index in [-0.39, 0.29) is 5.91 Å².